The molecule has 0 heterocycles. The summed E-state index contributed by atoms with van der Waals surface area (Å²) in [5.41, 5.74) is 3.15. The number of carboxylic acid groups (broad SMARTS) is 2. The van der Waals surface area contributed by atoms with Gasteiger partial charge in [0, 0.05) is 24.5 Å². The molecule has 0 aromatic heterocycles. The third kappa shape index (κ3) is 7.38. The van der Waals surface area contributed by atoms with Gasteiger partial charge in [-0.15, -0.1) is 10.2 Å². The van der Waals surface area contributed by atoms with E-state index in [0.29, 0.717) is 24.5 Å². The van der Waals surface area contributed by atoms with Crippen LogP contribution >= 0.6 is 0 Å². The van der Waals surface area contributed by atoms with Crippen molar-refractivity contribution in [2.75, 3.05) is 23.7 Å². The minimum Gasteiger partial charge on any atom is -0.506 e. The number of azo groups is 2. The first-order valence-corrected chi connectivity index (χ1v) is 11.9. The van der Waals surface area contributed by atoms with E-state index in [1.807, 2.05) is 24.3 Å². The van der Waals surface area contributed by atoms with Gasteiger partial charge in [0.15, 0.2) is 0 Å². The molecule has 6 N–H and O–H groups in total. The Morgan fingerprint density at radius 1 is 0.550 bits per heavy atom. The molecule has 0 saturated heterocycles. The van der Waals surface area contributed by atoms with Crippen LogP contribution in [0, 0.1) is 0 Å². The number of hydrogen-bond acceptors (Lipinski definition) is 10. The summed E-state index contributed by atoms with van der Waals surface area (Å²) >= 11 is 0. The molecule has 12 nitrogen and oxygen atoms in total. The second-order valence-corrected chi connectivity index (χ2v) is 8.36. The molecular weight excluding hydrogens is 516 g/mol. The van der Waals surface area contributed by atoms with Gasteiger partial charge < -0.3 is 31.1 Å². The molecule has 0 aliphatic heterocycles. The van der Waals surface area contributed by atoms with Crippen LogP contribution in [0.4, 0.5) is 34.1 Å². The van der Waals surface area contributed by atoms with E-state index in [-0.39, 0.29) is 34.0 Å². The number of carbonyl (C=O) groups is 2. The fourth-order valence-corrected chi connectivity index (χ4v) is 3.41. The predicted molar refractivity (Wildman–Crippen MR) is 148 cm³/mol. The van der Waals surface area contributed by atoms with Crippen LogP contribution < -0.4 is 10.6 Å². The van der Waals surface area contributed by atoms with Gasteiger partial charge in [-0.1, -0.05) is 0 Å². The fraction of sp³-hybridized carbons (Fsp3) is 0.0714. The molecule has 0 fully saturated rings. The van der Waals surface area contributed by atoms with E-state index < -0.39 is 11.9 Å². The van der Waals surface area contributed by atoms with E-state index in [1.54, 1.807) is 24.3 Å². The van der Waals surface area contributed by atoms with Gasteiger partial charge in [0.2, 0.25) is 0 Å². The number of nitrogens with one attached hydrogen (secondary N) is 2. The van der Waals surface area contributed by atoms with E-state index in [0.717, 1.165) is 23.5 Å². The molecule has 40 heavy (non-hydrogen) atoms. The summed E-state index contributed by atoms with van der Waals surface area (Å²) in [6.07, 6.45) is 0. The van der Waals surface area contributed by atoms with Crippen molar-refractivity contribution < 1.29 is 30.0 Å². The summed E-state index contributed by atoms with van der Waals surface area (Å²) in [6, 6.07) is 22.1. The number of benzene rings is 4. The zero-order valence-corrected chi connectivity index (χ0v) is 20.9. The minimum absolute atomic E-state index is 0.0363. The van der Waals surface area contributed by atoms with E-state index in [1.165, 1.54) is 24.3 Å². The Balaban J connectivity index is 1.22. The van der Waals surface area contributed by atoms with Crippen LogP contribution in [0.1, 0.15) is 20.7 Å². The lowest BCUT2D eigenvalue weighted by atomic mass is 10.2. The highest BCUT2D eigenvalue weighted by atomic mass is 16.4. The first kappa shape index (κ1) is 27.3. The van der Waals surface area contributed by atoms with Crippen LogP contribution in [0.25, 0.3) is 0 Å². The Morgan fingerprint density at radius 2 is 0.925 bits per heavy atom. The molecule has 0 saturated carbocycles. The Labute approximate surface area is 228 Å². The summed E-state index contributed by atoms with van der Waals surface area (Å²) in [5.74, 6) is -2.81. The summed E-state index contributed by atoms with van der Waals surface area (Å²) in [7, 11) is 0. The van der Waals surface area contributed by atoms with Gasteiger partial charge in [-0.2, -0.15) is 10.2 Å². The number of rotatable bonds is 11. The number of anilines is 2. The van der Waals surface area contributed by atoms with E-state index in [9.17, 15) is 19.8 Å². The van der Waals surface area contributed by atoms with Crippen LogP contribution in [-0.2, 0) is 0 Å². The van der Waals surface area contributed by atoms with Crippen LogP contribution in [0.5, 0.6) is 11.5 Å². The van der Waals surface area contributed by atoms with Gasteiger partial charge in [0.25, 0.3) is 0 Å². The number of phenols is 2. The molecule has 4 aromatic rings. The Morgan fingerprint density at radius 3 is 1.25 bits per heavy atom. The van der Waals surface area contributed by atoms with Crippen molar-refractivity contribution in [2.45, 2.75) is 0 Å². The Bertz CT molecular complexity index is 1450. The summed E-state index contributed by atoms with van der Waals surface area (Å²) in [5, 5.41) is 60.4. The van der Waals surface area contributed by atoms with Crippen LogP contribution in [-0.4, -0.2) is 45.5 Å². The van der Waals surface area contributed by atoms with Gasteiger partial charge >= 0.3 is 11.9 Å². The molecular formula is C28H24N6O6. The molecule has 4 rings (SSSR count). The average molecular weight is 541 g/mol. The molecule has 0 spiro atoms. The molecule has 12 heteroatoms. The van der Waals surface area contributed by atoms with Gasteiger partial charge in [0.05, 0.1) is 22.5 Å². The highest BCUT2D eigenvalue weighted by Crippen LogP contribution is 2.30. The predicted octanol–water partition coefficient (Wildman–Crippen LogP) is 6.85. The van der Waals surface area contributed by atoms with Crippen molar-refractivity contribution in [3.05, 3.63) is 96.1 Å². The smallest absolute Gasteiger partial charge is 0.335 e. The zero-order valence-electron chi connectivity index (χ0n) is 20.9. The minimum atomic E-state index is -1.14. The summed E-state index contributed by atoms with van der Waals surface area (Å²) < 4.78 is 0. The number of hydrogen-bond donors (Lipinski definition) is 6. The van der Waals surface area contributed by atoms with E-state index in [4.69, 9.17) is 10.2 Å². The Hall–Kier alpha value is -5.78. The number of nitrogens with zero attached hydrogens (tertiary/aromatic N) is 4. The lowest BCUT2D eigenvalue weighted by molar-refractivity contribution is 0.0686. The summed E-state index contributed by atoms with van der Waals surface area (Å²) in [4.78, 5) is 21.9. The van der Waals surface area contributed by atoms with Gasteiger partial charge in [-0.25, -0.2) is 9.59 Å². The molecule has 0 unspecified atom stereocenters. The maximum atomic E-state index is 10.9. The van der Waals surface area contributed by atoms with Crippen LogP contribution in [0.3, 0.4) is 0 Å². The zero-order chi connectivity index (χ0) is 28.5. The molecule has 0 atom stereocenters. The quantitative estimate of drug-likeness (QED) is 0.0879. The van der Waals surface area contributed by atoms with Crippen molar-refractivity contribution in [1.29, 1.82) is 0 Å². The number of aromatic carboxylic acids is 2. The van der Waals surface area contributed by atoms with Crippen LogP contribution in [0.15, 0.2) is 105 Å². The fourth-order valence-electron chi connectivity index (χ4n) is 3.41. The third-order valence-electron chi connectivity index (χ3n) is 5.51. The van der Waals surface area contributed by atoms with Crippen molar-refractivity contribution >= 4 is 46.1 Å². The first-order valence-electron chi connectivity index (χ1n) is 11.9. The highest BCUT2D eigenvalue weighted by molar-refractivity contribution is 5.89. The van der Waals surface area contributed by atoms with Crippen LogP contribution in [0.2, 0.25) is 0 Å². The number of carboxylic acids is 2. The molecule has 202 valence electrons. The Kier molecular flexibility index (Phi) is 8.62. The molecule has 0 radical (unpaired) electrons. The van der Waals surface area contributed by atoms with Crippen molar-refractivity contribution in [2.24, 2.45) is 20.5 Å². The second kappa shape index (κ2) is 12.6. The maximum absolute atomic E-state index is 10.9. The summed E-state index contributed by atoms with van der Waals surface area (Å²) in [6.45, 7) is 1.27. The lowest BCUT2D eigenvalue weighted by Gasteiger charge is -2.09. The molecule has 0 aliphatic carbocycles. The number of aromatic hydroxyl groups is 2. The molecule has 0 bridgehead atoms. The van der Waals surface area contributed by atoms with E-state index in [2.05, 4.69) is 31.1 Å². The number of phenolic OH excluding ortho intramolecular Hbond substituents is 2. The highest BCUT2D eigenvalue weighted by Gasteiger charge is 2.08. The average Bonchev–Trinajstić information content (AvgIpc) is 2.95. The maximum Gasteiger partial charge on any atom is 0.335 e. The second-order valence-electron chi connectivity index (χ2n) is 8.36. The molecule has 0 aliphatic rings. The molecule has 0 amide bonds. The van der Waals surface area contributed by atoms with Gasteiger partial charge in [-0.05, 0) is 84.9 Å². The first-order chi connectivity index (χ1) is 19.3. The SMILES string of the molecule is O=C(O)c1ccc(N=Nc2ccc(NCCNc3ccc(N=Nc4ccc(C(=O)O)cc4O)cc3)cc2)c(O)c1. The standard InChI is InChI=1S/C28H24N6O6/c35-25-15-17(27(37)38)1-11-23(25)33-31-21-7-3-19(4-8-21)29-13-14-30-20-5-9-22(10-6-20)32-34-24-12-2-18(28(39)40)16-26(24)36/h1-12,15-16,29-30,35-36H,13-14H2,(H,37,38)(H,39,40). The third-order valence-corrected chi connectivity index (χ3v) is 5.51. The largest absolute Gasteiger partial charge is 0.506 e. The van der Waals surface area contributed by atoms with E-state index >= 15 is 0 Å². The van der Waals surface area contributed by atoms with Crippen molar-refractivity contribution in [1.82, 2.24) is 0 Å². The van der Waals surface area contributed by atoms with Crippen molar-refractivity contribution in [3.8, 4) is 11.5 Å². The van der Waals surface area contributed by atoms with Crippen molar-refractivity contribution in [3.63, 3.8) is 0 Å². The normalized spacial score (nSPS) is 11.1. The lowest BCUT2D eigenvalue weighted by Crippen LogP contribution is -2.13. The van der Waals surface area contributed by atoms with Gasteiger partial charge in [-0.3, -0.25) is 0 Å². The van der Waals surface area contributed by atoms with Gasteiger partial charge in [0.1, 0.15) is 22.9 Å². The topological polar surface area (TPSA) is 189 Å². The monoisotopic (exact) mass is 540 g/mol. The molecule has 4 aromatic carbocycles.